The van der Waals surface area contributed by atoms with Crippen molar-refractivity contribution < 1.29 is 28.7 Å². The van der Waals surface area contributed by atoms with Crippen LogP contribution in [0.1, 0.15) is 42.8 Å². The van der Waals surface area contributed by atoms with E-state index in [9.17, 15) is 19.2 Å². The number of hydrogen-bond acceptors (Lipinski definition) is 7. The maximum atomic E-state index is 11.9. The summed E-state index contributed by atoms with van der Waals surface area (Å²) in [6.07, 6.45) is 0.230. The summed E-state index contributed by atoms with van der Waals surface area (Å²) < 4.78 is 9.97. The van der Waals surface area contributed by atoms with Gasteiger partial charge >= 0.3 is 11.9 Å². The molecule has 0 aliphatic heterocycles. The van der Waals surface area contributed by atoms with E-state index in [0.717, 1.165) is 11.3 Å². The zero-order valence-corrected chi connectivity index (χ0v) is 16.4. The molecule has 1 aromatic heterocycles. The van der Waals surface area contributed by atoms with Gasteiger partial charge in [-0.15, -0.1) is 11.3 Å². The summed E-state index contributed by atoms with van der Waals surface area (Å²) in [5.41, 5.74) is 0. The summed E-state index contributed by atoms with van der Waals surface area (Å²) in [4.78, 5) is 47.5. The Morgan fingerprint density at radius 3 is 2.42 bits per heavy atom. The van der Waals surface area contributed by atoms with Crippen LogP contribution in [0.2, 0.25) is 4.34 Å². The van der Waals surface area contributed by atoms with E-state index in [-0.39, 0.29) is 24.5 Å². The number of carbonyl (C=O) groups is 4. The number of rotatable bonds is 10. The molecule has 0 saturated heterocycles. The number of nitrogens with one attached hydrogen (secondary N) is 1. The second kappa shape index (κ2) is 10.9. The molecule has 9 heteroatoms. The molecule has 1 N–H and O–H groups in total. The third-order valence-corrected chi connectivity index (χ3v) is 4.57. The van der Waals surface area contributed by atoms with Crippen molar-refractivity contribution in [3.63, 3.8) is 0 Å². The van der Waals surface area contributed by atoms with Crippen LogP contribution < -0.4 is 5.32 Å². The number of Topliss-reactive ketones (excluding diaryl/α,β-unsaturated/α-hetero) is 1. The van der Waals surface area contributed by atoms with E-state index in [1.807, 2.05) is 13.8 Å². The molecule has 1 atom stereocenters. The monoisotopic (exact) mass is 403 g/mol. The summed E-state index contributed by atoms with van der Waals surface area (Å²) in [5.74, 6) is -1.89. The van der Waals surface area contributed by atoms with Crippen molar-refractivity contribution >= 4 is 46.6 Å². The maximum absolute atomic E-state index is 11.9. The average Bonchev–Trinajstić information content (AvgIpc) is 3.02. The summed E-state index contributed by atoms with van der Waals surface area (Å²) in [6.45, 7) is 3.28. The molecule has 1 heterocycles. The summed E-state index contributed by atoms with van der Waals surface area (Å²) in [5, 5.41) is 2.48. The van der Waals surface area contributed by atoms with Crippen LogP contribution in [0.3, 0.4) is 0 Å². The van der Waals surface area contributed by atoms with Gasteiger partial charge in [0, 0.05) is 6.42 Å². The lowest BCUT2D eigenvalue weighted by Crippen LogP contribution is -2.44. The fraction of sp³-hybridized carbons (Fsp3) is 0.529. The van der Waals surface area contributed by atoms with Crippen molar-refractivity contribution in [3.8, 4) is 0 Å². The molecule has 0 radical (unpaired) electrons. The number of amides is 1. The Balaban J connectivity index is 2.37. The highest BCUT2D eigenvalue weighted by molar-refractivity contribution is 7.18. The lowest BCUT2D eigenvalue weighted by Gasteiger charge is -2.18. The predicted molar refractivity (Wildman–Crippen MR) is 97.3 cm³/mol. The molecule has 0 spiro atoms. The highest BCUT2D eigenvalue weighted by Gasteiger charge is 2.23. The minimum atomic E-state index is -0.795. The summed E-state index contributed by atoms with van der Waals surface area (Å²) in [6, 6.07) is 2.41. The van der Waals surface area contributed by atoms with Crippen LogP contribution in [-0.4, -0.2) is 43.4 Å². The molecule has 0 aliphatic carbocycles. The van der Waals surface area contributed by atoms with Crippen LogP contribution in [0.25, 0.3) is 0 Å². The lowest BCUT2D eigenvalue weighted by atomic mass is 10.0. The molecule has 0 bridgehead atoms. The third-order valence-electron chi connectivity index (χ3n) is 3.30. The second-order valence-electron chi connectivity index (χ2n) is 5.96. The SMILES string of the molecule is COC(=O)C(CC(C)C)NC(=O)COC(=O)CCC(=O)c1ccc(Cl)s1. The van der Waals surface area contributed by atoms with Crippen LogP contribution in [0, 0.1) is 5.92 Å². The first-order chi connectivity index (χ1) is 12.2. The van der Waals surface area contributed by atoms with Crippen molar-refractivity contribution in [2.24, 2.45) is 5.92 Å². The van der Waals surface area contributed by atoms with Crippen molar-refractivity contribution in [2.75, 3.05) is 13.7 Å². The zero-order chi connectivity index (χ0) is 19.7. The number of carbonyl (C=O) groups excluding carboxylic acids is 4. The minimum absolute atomic E-state index is 0.0323. The van der Waals surface area contributed by atoms with Gasteiger partial charge in [0.15, 0.2) is 12.4 Å². The Kier molecular flexibility index (Phi) is 9.29. The highest BCUT2D eigenvalue weighted by atomic mass is 35.5. The van der Waals surface area contributed by atoms with Crippen molar-refractivity contribution in [2.45, 2.75) is 39.2 Å². The van der Waals surface area contributed by atoms with Gasteiger partial charge in [0.25, 0.3) is 5.91 Å². The van der Waals surface area contributed by atoms with Crippen molar-refractivity contribution in [3.05, 3.63) is 21.3 Å². The molecule has 1 aromatic rings. The normalized spacial score (nSPS) is 11.7. The number of halogens is 1. The van der Waals surface area contributed by atoms with Gasteiger partial charge in [0.2, 0.25) is 0 Å². The number of hydrogen-bond donors (Lipinski definition) is 1. The fourth-order valence-electron chi connectivity index (χ4n) is 2.08. The quantitative estimate of drug-likeness (QED) is 0.476. The first kappa shape index (κ1) is 22.1. The van der Waals surface area contributed by atoms with Crippen LogP contribution in [-0.2, 0) is 23.9 Å². The molecule has 26 heavy (non-hydrogen) atoms. The number of ether oxygens (including phenoxy) is 2. The van der Waals surface area contributed by atoms with Gasteiger partial charge in [0.1, 0.15) is 6.04 Å². The first-order valence-electron chi connectivity index (χ1n) is 8.04. The van der Waals surface area contributed by atoms with Gasteiger partial charge in [-0.25, -0.2) is 4.79 Å². The van der Waals surface area contributed by atoms with E-state index >= 15 is 0 Å². The van der Waals surface area contributed by atoms with Gasteiger partial charge in [-0.2, -0.15) is 0 Å². The van der Waals surface area contributed by atoms with Gasteiger partial charge in [-0.3, -0.25) is 14.4 Å². The summed E-state index contributed by atoms with van der Waals surface area (Å²) >= 11 is 6.89. The van der Waals surface area contributed by atoms with Crippen molar-refractivity contribution in [1.82, 2.24) is 5.32 Å². The average molecular weight is 404 g/mol. The van der Waals surface area contributed by atoms with Crippen LogP contribution in [0.15, 0.2) is 12.1 Å². The van der Waals surface area contributed by atoms with E-state index < -0.39 is 30.5 Å². The number of thiophene rings is 1. The largest absolute Gasteiger partial charge is 0.467 e. The van der Waals surface area contributed by atoms with Gasteiger partial charge in [-0.05, 0) is 24.5 Å². The molecule has 7 nitrogen and oxygen atoms in total. The Hall–Kier alpha value is -1.93. The third kappa shape index (κ3) is 7.97. The standard InChI is InChI=1S/C17H22ClNO6S/c1-10(2)8-11(17(23)24-3)19-15(21)9-25-16(22)7-4-12(20)13-5-6-14(18)26-13/h5-6,10-11H,4,7-9H2,1-3H3,(H,19,21). The highest BCUT2D eigenvalue weighted by Crippen LogP contribution is 2.22. The molecule has 1 unspecified atom stereocenters. The smallest absolute Gasteiger partial charge is 0.328 e. The van der Waals surface area contributed by atoms with Gasteiger partial charge in [-0.1, -0.05) is 25.4 Å². The molecule has 144 valence electrons. The first-order valence-corrected chi connectivity index (χ1v) is 9.23. The fourth-order valence-corrected chi connectivity index (χ4v) is 3.10. The van der Waals surface area contributed by atoms with Gasteiger partial charge in [0.05, 0.1) is 22.7 Å². The van der Waals surface area contributed by atoms with Gasteiger partial charge < -0.3 is 14.8 Å². The molecule has 0 aliphatic rings. The molecule has 1 rings (SSSR count). The van der Waals surface area contributed by atoms with E-state index in [4.69, 9.17) is 16.3 Å². The van der Waals surface area contributed by atoms with E-state index in [2.05, 4.69) is 10.1 Å². The zero-order valence-electron chi connectivity index (χ0n) is 14.9. The number of esters is 2. The summed E-state index contributed by atoms with van der Waals surface area (Å²) in [7, 11) is 1.24. The van der Waals surface area contributed by atoms with Crippen LogP contribution in [0.4, 0.5) is 0 Å². The molecule has 0 fully saturated rings. The predicted octanol–water partition coefficient (Wildman–Crippen LogP) is 2.61. The minimum Gasteiger partial charge on any atom is -0.467 e. The molecular weight excluding hydrogens is 382 g/mol. The van der Waals surface area contributed by atoms with Crippen LogP contribution in [0.5, 0.6) is 0 Å². The van der Waals surface area contributed by atoms with Crippen molar-refractivity contribution in [1.29, 1.82) is 0 Å². The Bertz CT molecular complexity index is 657. The van der Waals surface area contributed by atoms with E-state index in [0.29, 0.717) is 15.6 Å². The molecule has 0 saturated carbocycles. The van der Waals surface area contributed by atoms with E-state index in [1.54, 1.807) is 12.1 Å². The Morgan fingerprint density at radius 2 is 1.88 bits per heavy atom. The topological polar surface area (TPSA) is 98.8 Å². The molecule has 0 aromatic carbocycles. The molecule has 1 amide bonds. The lowest BCUT2D eigenvalue weighted by molar-refractivity contribution is -0.150. The maximum Gasteiger partial charge on any atom is 0.328 e. The number of ketones is 1. The Labute approximate surface area is 161 Å². The number of methoxy groups -OCH3 is 1. The van der Waals surface area contributed by atoms with Crippen LogP contribution >= 0.6 is 22.9 Å². The molecular formula is C17H22ClNO6S. The Morgan fingerprint density at radius 1 is 1.19 bits per heavy atom. The second-order valence-corrected chi connectivity index (χ2v) is 7.68. The van der Waals surface area contributed by atoms with E-state index in [1.165, 1.54) is 7.11 Å².